The van der Waals surface area contributed by atoms with Crippen LogP contribution in [0.25, 0.3) is 0 Å². The maximum atomic E-state index is 11.8. The zero-order valence-electron chi connectivity index (χ0n) is 22.0. The number of carboxylic acid groups (broad SMARTS) is 2. The van der Waals surface area contributed by atoms with Crippen molar-refractivity contribution in [3.8, 4) is 0 Å². The minimum absolute atomic E-state index is 0.00658. The Hall–Kier alpha value is -3.06. The molecule has 218 valence electrons. The number of nitrogens with one attached hydrogen (secondary N) is 3. The topological polar surface area (TPSA) is 197 Å². The maximum absolute atomic E-state index is 11.8. The lowest BCUT2D eigenvalue weighted by Gasteiger charge is -2.13. The minimum atomic E-state index is -1.23. The molecule has 38 heavy (non-hydrogen) atoms. The van der Waals surface area contributed by atoms with Crippen LogP contribution in [-0.4, -0.2) is 91.7 Å². The van der Waals surface area contributed by atoms with Crippen molar-refractivity contribution >= 4 is 35.9 Å². The lowest BCUT2D eigenvalue weighted by molar-refractivity contribution is -0.142. The number of carboxylic acids is 2. The van der Waals surface area contributed by atoms with Gasteiger partial charge in [0.05, 0.1) is 26.4 Å². The molecule has 13 nitrogen and oxygen atoms in total. The van der Waals surface area contributed by atoms with Gasteiger partial charge in [-0.15, -0.1) is 0 Å². The van der Waals surface area contributed by atoms with Gasteiger partial charge in [0.2, 0.25) is 17.7 Å². The molecule has 0 heterocycles. The van der Waals surface area contributed by atoms with E-state index in [4.69, 9.17) is 19.7 Å². The number of amides is 3. The van der Waals surface area contributed by atoms with Crippen LogP contribution in [0.4, 0.5) is 0 Å². The van der Waals surface area contributed by atoms with Gasteiger partial charge in [-0.1, -0.05) is 25.7 Å². The predicted molar refractivity (Wildman–Crippen MR) is 136 cm³/mol. The molecule has 0 aliphatic rings. The average molecular weight is 546 g/mol. The van der Waals surface area contributed by atoms with Crippen molar-refractivity contribution in [2.75, 3.05) is 39.5 Å². The van der Waals surface area contributed by atoms with Crippen molar-refractivity contribution in [2.24, 2.45) is 0 Å². The Labute approximate surface area is 223 Å². The summed E-state index contributed by atoms with van der Waals surface area (Å²) in [5.41, 5.74) is 0. The number of ether oxygens (including phenoxy) is 2. The smallest absolute Gasteiger partial charge is 0.326 e. The first-order valence-electron chi connectivity index (χ1n) is 13.1. The van der Waals surface area contributed by atoms with Crippen LogP contribution in [-0.2, 0) is 38.2 Å². The van der Waals surface area contributed by atoms with Gasteiger partial charge in [0.25, 0.3) is 0 Å². The molecule has 1 unspecified atom stereocenters. The lowest BCUT2D eigenvalue weighted by Crippen LogP contribution is -2.41. The highest BCUT2D eigenvalue weighted by atomic mass is 16.5. The number of aldehydes is 1. The van der Waals surface area contributed by atoms with Crippen molar-refractivity contribution in [1.82, 2.24) is 16.0 Å². The van der Waals surface area contributed by atoms with Gasteiger partial charge in [-0.05, 0) is 19.3 Å². The first-order valence-corrected chi connectivity index (χ1v) is 13.1. The summed E-state index contributed by atoms with van der Waals surface area (Å²) >= 11 is 0. The van der Waals surface area contributed by atoms with Gasteiger partial charge in [0.1, 0.15) is 12.3 Å². The fourth-order valence-corrected chi connectivity index (χ4v) is 3.28. The molecule has 0 bridgehead atoms. The fourth-order valence-electron chi connectivity index (χ4n) is 3.28. The number of unbranched alkanes of at least 4 members (excludes halogenated alkanes) is 5. The Bertz CT molecular complexity index is 718. The normalized spacial score (nSPS) is 11.4. The SMILES string of the molecule is O=CCCC(NC(=O)CCC(=O)NCCOCCOCCNC(=O)CCCCCCCCC(=O)O)C(=O)O. The maximum Gasteiger partial charge on any atom is 0.326 e. The Morgan fingerprint density at radius 3 is 1.68 bits per heavy atom. The third-order valence-corrected chi connectivity index (χ3v) is 5.34. The van der Waals surface area contributed by atoms with Gasteiger partial charge < -0.3 is 40.4 Å². The number of carbonyl (C=O) groups is 6. The zero-order chi connectivity index (χ0) is 28.4. The van der Waals surface area contributed by atoms with Gasteiger partial charge in [0, 0.05) is 45.2 Å². The summed E-state index contributed by atoms with van der Waals surface area (Å²) in [7, 11) is 0. The van der Waals surface area contributed by atoms with Crippen molar-refractivity contribution in [1.29, 1.82) is 0 Å². The van der Waals surface area contributed by atoms with Crippen LogP contribution in [0.3, 0.4) is 0 Å². The molecule has 5 N–H and O–H groups in total. The quantitative estimate of drug-likeness (QED) is 0.0765. The summed E-state index contributed by atoms with van der Waals surface area (Å²) in [6, 6.07) is -1.16. The van der Waals surface area contributed by atoms with E-state index in [0.717, 1.165) is 32.1 Å². The van der Waals surface area contributed by atoms with E-state index in [1.165, 1.54) is 0 Å². The van der Waals surface area contributed by atoms with Gasteiger partial charge in [-0.25, -0.2) is 4.79 Å². The molecular formula is C25H43N3O10. The largest absolute Gasteiger partial charge is 0.481 e. The first kappa shape index (κ1) is 34.9. The van der Waals surface area contributed by atoms with Crippen LogP contribution in [0.1, 0.15) is 77.0 Å². The number of hydrogen-bond donors (Lipinski definition) is 5. The molecule has 0 rings (SSSR count). The summed E-state index contributed by atoms with van der Waals surface area (Å²) in [6.07, 6.45) is 6.31. The van der Waals surface area contributed by atoms with E-state index >= 15 is 0 Å². The molecule has 13 heteroatoms. The van der Waals surface area contributed by atoms with E-state index < -0.39 is 23.9 Å². The summed E-state index contributed by atoms with van der Waals surface area (Å²) in [5.74, 6) is -2.97. The fraction of sp³-hybridized carbons (Fsp3) is 0.760. The molecule has 0 aromatic carbocycles. The minimum Gasteiger partial charge on any atom is -0.481 e. The summed E-state index contributed by atoms with van der Waals surface area (Å²) in [6.45, 7) is 1.91. The molecule has 0 aromatic rings. The first-order chi connectivity index (χ1) is 18.3. The third-order valence-electron chi connectivity index (χ3n) is 5.34. The highest BCUT2D eigenvalue weighted by Gasteiger charge is 2.19. The van der Waals surface area contributed by atoms with Crippen LogP contribution in [0.15, 0.2) is 0 Å². The molecule has 0 aliphatic carbocycles. The number of aliphatic carboxylic acids is 2. The lowest BCUT2D eigenvalue weighted by atomic mass is 10.1. The van der Waals surface area contributed by atoms with E-state index in [9.17, 15) is 28.8 Å². The van der Waals surface area contributed by atoms with Crippen LogP contribution in [0.5, 0.6) is 0 Å². The van der Waals surface area contributed by atoms with E-state index in [1.54, 1.807) is 0 Å². The van der Waals surface area contributed by atoms with Crippen molar-refractivity contribution < 1.29 is 48.5 Å². The number of rotatable bonds is 26. The molecule has 0 fully saturated rings. The molecule has 3 amide bonds. The van der Waals surface area contributed by atoms with Crippen molar-refractivity contribution in [2.45, 2.75) is 83.1 Å². The Balaban J connectivity index is 3.52. The third kappa shape index (κ3) is 23.3. The molecule has 0 saturated carbocycles. The molecule has 0 spiro atoms. The highest BCUT2D eigenvalue weighted by molar-refractivity contribution is 5.87. The van der Waals surface area contributed by atoms with Crippen LogP contribution in [0.2, 0.25) is 0 Å². The Kier molecular flexibility index (Phi) is 22.3. The van der Waals surface area contributed by atoms with Gasteiger partial charge in [-0.2, -0.15) is 0 Å². The van der Waals surface area contributed by atoms with Crippen LogP contribution in [0, 0.1) is 0 Å². The molecule has 0 aliphatic heterocycles. The van der Waals surface area contributed by atoms with Crippen molar-refractivity contribution in [3.63, 3.8) is 0 Å². The number of hydrogen-bond acceptors (Lipinski definition) is 8. The summed E-state index contributed by atoms with van der Waals surface area (Å²) in [5, 5.41) is 25.2. The second-order valence-electron chi connectivity index (χ2n) is 8.64. The van der Waals surface area contributed by atoms with Gasteiger partial charge in [-0.3, -0.25) is 19.2 Å². The molecule has 0 radical (unpaired) electrons. The molecule has 0 saturated heterocycles. The van der Waals surface area contributed by atoms with E-state index in [0.29, 0.717) is 45.5 Å². The van der Waals surface area contributed by atoms with Gasteiger partial charge in [0.15, 0.2) is 0 Å². The highest BCUT2D eigenvalue weighted by Crippen LogP contribution is 2.08. The Morgan fingerprint density at radius 2 is 1.16 bits per heavy atom. The van der Waals surface area contributed by atoms with Crippen LogP contribution < -0.4 is 16.0 Å². The summed E-state index contributed by atoms with van der Waals surface area (Å²) in [4.78, 5) is 67.1. The zero-order valence-corrected chi connectivity index (χ0v) is 22.0. The molecule has 0 aromatic heterocycles. The Morgan fingerprint density at radius 1 is 0.658 bits per heavy atom. The number of carbonyl (C=O) groups excluding carboxylic acids is 4. The predicted octanol–water partition coefficient (Wildman–Crippen LogP) is 0.786. The van der Waals surface area contributed by atoms with Crippen LogP contribution >= 0.6 is 0 Å². The van der Waals surface area contributed by atoms with E-state index in [2.05, 4.69) is 16.0 Å². The van der Waals surface area contributed by atoms with E-state index in [1.807, 2.05) is 0 Å². The molecular weight excluding hydrogens is 502 g/mol. The standard InChI is InChI=1S/C25H43N3O10/c29-15-7-8-20(25(35)36)28-23(32)12-11-22(31)27-14-17-38-19-18-37-16-13-26-21(30)9-5-3-1-2-4-6-10-24(33)34/h15,20H,1-14,16-19H2,(H,26,30)(H,27,31)(H,28,32)(H,33,34)(H,35,36). The van der Waals surface area contributed by atoms with E-state index in [-0.39, 0.29) is 57.1 Å². The average Bonchev–Trinajstić information content (AvgIpc) is 2.87. The second-order valence-corrected chi connectivity index (χ2v) is 8.64. The van der Waals surface area contributed by atoms with Gasteiger partial charge >= 0.3 is 11.9 Å². The van der Waals surface area contributed by atoms with Crippen molar-refractivity contribution in [3.05, 3.63) is 0 Å². The molecule has 1 atom stereocenters. The monoisotopic (exact) mass is 545 g/mol. The summed E-state index contributed by atoms with van der Waals surface area (Å²) < 4.78 is 10.7. The second kappa shape index (κ2) is 24.3.